The standard InChI is InChI=1S/C30H47NO11/c1-9-11-19(5)37-28(35)41-24-14-13-23(15-25(24)42-29(36)38-20(6)12-10-2)17-30(31,26(32)33)16-21(7)39-27(34)40-22(8)18(3)4/h13-15,18-22H,9-12,16-17,31H2,1-8H3,(H,32,33)/t19?,20?,21-,22?,30?/m0/s1. The largest absolute Gasteiger partial charge is 0.514 e. The topological polar surface area (TPSA) is 170 Å². The number of carboxylic acid groups (broad SMARTS) is 1. The molecule has 12 nitrogen and oxygen atoms in total. The van der Waals surface area contributed by atoms with Crippen LogP contribution < -0.4 is 15.2 Å². The lowest BCUT2D eigenvalue weighted by molar-refractivity contribution is -0.144. The highest BCUT2D eigenvalue weighted by Crippen LogP contribution is 2.32. The molecular weight excluding hydrogens is 550 g/mol. The van der Waals surface area contributed by atoms with Gasteiger partial charge in [0.05, 0.1) is 0 Å². The van der Waals surface area contributed by atoms with E-state index in [9.17, 15) is 24.3 Å². The van der Waals surface area contributed by atoms with Gasteiger partial charge in [0.1, 0.15) is 30.0 Å². The molecule has 0 amide bonds. The number of aliphatic carboxylic acids is 1. The van der Waals surface area contributed by atoms with E-state index in [4.69, 9.17) is 34.2 Å². The minimum absolute atomic E-state index is 0.0672. The lowest BCUT2D eigenvalue weighted by Gasteiger charge is -2.28. The Kier molecular flexibility index (Phi) is 15.1. The van der Waals surface area contributed by atoms with Gasteiger partial charge >= 0.3 is 24.4 Å². The number of benzene rings is 1. The Balaban J connectivity index is 3.18. The molecule has 3 N–H and O–H groups in total. The summed E-state index contributed by atoms with van der Waals surface area (Å²) in [5, 5.41) is 9.97. The van der Waals surface area contributed by atoms with Crippen LogP contribution in [0.5, 0.6) is 11.5 Å². The predicted octanol–water partition coefficient (Wildman–Crippen LogP) is 6.40. The zero-order valence-electron chi connectivity index (χ0n) is 26.0. The number of rotatable bonds is 16. The second-order valence-corrected chi connectivity index (χ2v) is 11.0. The molecule has 0 aliphatic carbocycles. The number of carbonyl (C=O) groups excluding carboxylic acids is 3. The molecule has 0 radical (unpaired) electrons. The number of carboxylic acids is 1. The first-order chi connectivity index (χ1) is 19.6. The molecule has 238 valence electrons. The molecule has 0 fully saturated rings. The molecule has 0 aliphatic heterocycles. The van der Waals surface area contributed by atoms with Crippen LogP contribution >= 0.6 is 0 Å². The Bertz CT molecular complexity index is 1040. The van der Waals surface area contributed by atoms with Crippen molar-refractivity contribution in [1.29, 1.82) is 0 Å². The highest BCUT2D eigenvalue weighted by atomic mass is 16.8. The van der Waals surface area contributed by atoms with Crippen LogP contribution in [0, 0.1) is 5.92 Å². The second-order valence-electron chi connectivity index (χ2n) is 11.0. The van der Waals surface area contributed by atoms with Crippen LogP contribution in [0.3, 0.4) is 0 Å². The summed E-state index contributed by atoms with van der Waals surface area (Å²) in [4.78, 5) is 49.2. The van der Waals surface area contributed by atoms with Crippen molar-refractivity contribution in [3.05, 3.63) is 23.8 Å². The monoisotopic (exact) mass is 597 g/mol. The van der Waals surface area contributed by atoms with Gasteiger partial charge in [0, 0.05) is 12.8 Å². The summed E-state index contributed by atoms with van der Waals surface area (Å²) in [6.07, 6.45) is -2.74. The zero-order valence-corrected chi connectivity index (χ0v) is 26.0. The second kappa shape index (κ2) is 17.4. The molecule has 0 spiro atoms. The summed E-state index contributed by atoms with van der Waals surface area (Å²) in [7, 11) is 0. The maximum atomic E-state index is 12.5. The highest BCUT2D eigenvalue weighted by Gasteiger charge is 2.37. The molecule has 0 saturated heterocycles. The third-order valence-electron chi connectivity index (χ3n) is 6.50. The molecule has 12 heteroatoms. The van der Waals surface area contributed by atoms with Crippen LogP contribution in [-0.2, 0) is 30.2 Å². The Hall–Kier alpha value is -3.54. The van der Waals surface area contributed by atoms with Crippen molar-refractivity contribution in [2.24, 2.45) is 11.7 Å². The van der Waals surface area contributed by atoms with E-state index in [2.05, 4.69) is 0 Å². The number of hydrogen-bond acceptors (Lipinski definition) is 11. The molecule has 1 rings (SSSR count). The van der Waals surface area contributed by atoms with Crippen LogP contribution in [0.2, 0.25) is 0 Å². The first-order valence-electron chi connectivity index (χ1n) is 14.4. The van der Waals surface area contributed by atoms with E-state index in [-0.39, 0.29) is 30.3 Å². The van der Waals surface area contributed by atoms with Crippen LogP contribution in [0.25, 0.3) is 0 Å². The third kappa shape index (κ3) is 13.0. The SMILES string of the molecule is CCCC(C)OC(=O)Oc1ccc(CC(N)(C[C@H](C)OC(=O)OC(C)C(C)C)C(=O)O)cc1OC(=O)OC(C)CCC. The minimum Gasteiger partial charge on any atom is -0.480 e. The van der Waals surface area contributed by atoms with E-state index in [1.807, 2.05) is 27.7 Å². The van der Waals surface area contributed by atoms with E-state index in [1.165, 1.54) is 25.1 Å². The fourth-order valence-corrected chi connectivity index (χ4v) is 3.95. The average molecular weight is 598 g/mol. The van der Waals surface area contributed by atoms with Crippen molar-refractivity contribution in [2.75, 3.05) is 0 Å². The van der Waals surface area contributed by atoms with Gasteiger partial charge in [-0.25, -0.2) is 14.4 Å². The lowest BCUT2D eigenvalue weighted by Crippen LogP contribution is -2.52. The molecule has 0 aromatic heterocycles. The van der Waals surface area contributed by atoms with Crippen LogP contribution in [0.15, 0.2) is 18.2 Å². The zero-order chi connectivity index (χ0) is 32.0. The molecule has 1 aromatic rings. The van der Waals surface area contributed by atoms with Gasteiger partial charge in [-0.1, -0.05) is 46.6 Å². The van der Waals surface area contributed by atoms with Crippen molar-refractivity contribution < 1.29 is 52.7 Å². The van der Waals surface area contributed by atoms with Gasteiger partial charge in [-0.3, -0.25) is 4.79 Å². The van der Waals surface area contributed by atoms with Gasteiger partial charge < -0.3 is 39.3 Å². The molecular formula is C30H47NO11. The van der Waals surface area contributed by atoms with Gasteiger partial charge in [-0.2, -0.15) is 0 Å². The number of nitrogens with two attached hydrogens (primary N) is 1. The predicted molar refractivity (Wildman–Crippen MR) is 154 cm³/mol. The van der Waals surface area contributed by atoms with Crippen LogP contribution in [-0.4, -0.2) is 59.5 Å². The smallest absolute Gasteiger partial charge is 0.480 e. The van der Waals surface area contributed by atoms with Crippen molar-refractivity contribution in [2.45, 2.75) is 124 Å². The molecule has 42 heavy (non-hydrogen) atoms. The summed E-state index contributed by atoms with van der Waals surface area (Å²) >= 11 is 0. The Morgan fingerprint density at radius 2 is 1.26 bits per heavy atom. The number of ether oxygens (including phenoxy) is 6. The molecule has 0 aliphatic rings. The average Bonchev–Trinajstić information content (AvgIpc) is 2.85. The summed E-state index contributed by atoms with van der Waals surface area (Å²) in [5.41, 5.74) is 4.74. The molecule has 4 unspecified atom stereocenters. The van der Waals surface area contributed by atoms with E-state index < -0.39 is 54.4 Å². The van der Waals surface area contributed by atoms with E-state index in [1.54, 1.807) is 20.8 Å². The van der Waals surface area contributed by atoms with Gasteiger partial charge in [-0.05, 0) is 64.2 Å². The van der Waals surface area contributed by atoms with Gasteiger partial charge in [0.2, 0.25) is 0 Å². The van der Waals surface area contributed by atoms with Crippen LogP contribution in [0.1, 0.15) is 93.1 Å². The maximum Gasteiger partial charge on any atom is 0.514 e. The van der Waals surface area contributed by atoms with Crippen molar-refractivity contribution in [3.8, 4) is 11.5 Å². The van der Waals surface area contributed by atoms with Gasteiger partial charge in [-0.15, -0.1) is 0 Å². The summed E-state index contributed by atoms with van der Waals surface area (Å²) < 4.78 is 31.5. The molecule has 0 heterocycles. The lowest BCUT2D eigenvalue weighted by atomic mass is 9.86. The summed E-state index contributed by atoms with van der Waals surface area (Å²) in [6, 6.07) is 4.15. The minimum atomic E-state index is -1.88. The van der Waals surface area contributed by atoms with E-state index >= 15 is 0 Å². The fraction of sp³-hybridized carbons (Fsp3) is 0.667. The Labute approximate surface area is 248 Å². The number of hydrogen-bond donors (Lipinski definition) is 2. The van der Waals surface area contributed by atoms with Crippen molar-refractivity contribution in [3.63, 3.8) is 0 Å². The van der Waals surface area contributed by atoms with Gasteiger partial charge in [0.25, 0.3) is 0 Å². The fourth-order valence-electron chi connectivity index (χ4n) is 3.95. The first kappa shape index (κ1) is 36.5. The highest BCUT2D eigenvalue weighted by molar-refractivity contribution is 5.79. The van der Waals surface area contributed by atoms with Crippen LogP contribution in [0.4, 0.5) is 14.4 Å². The Morgan fingerprint density at radius 1 is 0.762 bits per heavy atom. The summed E-state index contributed by atoms with van der Waals surface area (Å²) in [5.74, 6) is -1.60. The van der Waals surface area contributed by atoms with Crippen molar-refractivity contribution >= 4 is 24.4 Å². The quantitative estimate of drug-likeness (QED) is 0.122. The first-order valence-corrected chi connectivity index (χ1v) is 14.4. The van der Waals surface area contributed by atoms with Gasteiger partial charge in [0.15, 0.2) is 11.5 Å². The molecule has 0 saturated carbocycles. The number of carbonyl (C=O) groups is 4. The molecule has 0 bridgehead atoms. The summed E-state index contributed by atoms with van der Waals surface area (Å²) in [6.45, 7) is 14.3. The van der Waals surface area contributed by atoms with Crippen molar-refractivity contribution in [1.82, 2.24) is 0 Å². The molecule has 5 atom stereocenters. The maximum absolute atomic E-state index is 12.5. The molecule has 1 aromatic carbocycles. The normalized spacial score (nSPS) is 15.4. The third-order valence-corrected chi connectivity index (χ3v) is 6.50. The van der Waals surface area contributed by atoms with E-state index in [0.29, 0.717) is 18.4 Å². The van der Waals surface area contributed by atoms with E-state index in [0.717, 1.165) is 12.8 Å². The Morgan fingerprint density at radius 3 is 1.74 bits per heavy atom.